The van der Waals surface area contributed by atoms with Gasteiger partial charge in [0.1, 0.15) is 12.4 Å². The van der Waals surface area contributed by atoms with Crippen molar-refractivity contribution in [1.29, 1.82) is 0 Å². The third kappa shape index (κ3) is 5.81. The number of para-hydroxylation sites is 2. The number of hydrazone groups is 1. The van der Waals surface area contributed by atoms with Crippen LogP contribution in [0.2, 0.25) is 0 Å². The van der Waals surface area contributed by atoms with Crippen LogP contribution < -0.4 is 5.43 Å². The van der Waals surface area contributed by atoms with E-state index in [2.05, 4.69) is 15.5 Å². The zero-order valence-corrected chi connectivity index (χ0v) is 18.1. The van der Waals surface area contributed by atoms with Crippen LogP contribution in [0.1, 0.15) is 17.0 Å². The van der Waals surface area contributed by atoms with E-state index in [9.17, 15) is 18.0 Å². The van der Waals surface area contributed by atoms with Crippen LogP contribution in [0.5, 0.6) is 0 Å². The van der Waals surface area contributed by atoms with E-state index in [0.29, 0.717) is 11.3 Å². The second-order valence-corrected chi connectivity index (χ2v) is 8.17. The Morgan fingerprint density at radius 3 is 2.42 bits per heavy atom. The quantitative estimate of drug-likeness (QED) is 0.221. The van der Waals surface area contributed by atoms with E-state index >= 15 is 0 Å². The number of nitrogens with zero attached hydrogens (tertiary/aromatic N) is 3. The van der Waals surface area contributed by atoms with Crippen molar-refractivity contribution < 1.29 is 18.0 Å². The lowest BCUT2D eigenvalue weighted by Crippen LogP contribution is -2.24. The number of thioether (sulfide) groups is 1. The highest BCUT2D eigenvalue weighted by Gasteiger charge is 2.29. The summed E-state index contributed by atoms with van der Waals surface area (Å²) in [6.07, 6.45) is -3.09. The molecular formula is C24H19F3N4OS. The molecule has 1 N–H and O–H groups in total. The van der Waals surface area contributed by atoms with E-state index in [1.165, 1.54) is 18.3 Å². The van der Waals surface area contributed by atoms with Crippen LogP contribution in [0.3, 0.4) is 0 Å². The molecule has 4 aromatic rings. The monoisotopic (exact) mass is 468 g/mol. The summed E-state index contributed by atoms with van der Waals surface area (Å²) in [6, 6.07) is 22.0. The molecule has 33 heavy (non-hydrogen) atoms. The third-order valence-corrected chi connectivity index (χ3v) is 5.80. The number of amides is 1. The summed E-state index contributed by atoms with van der Waals surface area (Å²) in [6.45, 7) is 0.00947. The Morgan fingerprint density at radius 1 is 1.00 bits per heavy atom. The fraction of sp³-hybridized carbons (Fsp3) is 0.125. The maximum Gasteiger partial charge on any atom is 0.416 e. The smallest absolute Gasteiger partial charge is 0.318 e. The van der Waals surface area contributed by atoms with Crippen LogP contribution in [0.25, 0.3) is 11.0 Å². The Bertz CT molecular complexity index is 1270. The van der Waals surface area contributed by atoms with Gasteiger partial charge in [0.2, 0.25) is 0 Å². The molecule has 0 unspecified atom stereocenters. The maximum absolute atomic E-state index is 12.7. The number of carbonyl (C=O) groups excluding carboxylic acids is 1. The zero-order chi connectivity index (χ0) is 23.3. The van der Waals surface area contributed by atoms with Crippen molar-refractivity contribution in [3.05, 3.63) is 95.8 Å². The molecule has 1 aromatic heterocycles. The van der Waals surface area contributed by atoms with Gasteiger partial charge in [0.05, 0.1) is 28.6 Å². The standard InChI is InChI=1S/C24H19F3N4OS/c25-24(26,27)18-12-10-17(11-13-18)14-28-30-23(32)15-31-21-9-5-4-8-20(21)29-22(31)16-33-19-6-2-1-3-7-19/h1-14H,15-16H2,(H,30,32). The largest absolute Gasteiger partial charge is 0.416 e. The summed E-state index contributed by atoms with van der Waals surface area (Å²) in [5.74, 6) is 0.972. The van der Waals surface area contributed by atoms with Crippen molar-refractivity contribution >= 4 is 34.9 Å². The predicted octanol–water partition coefficient (Wildman–Crippen LogP) is 5.50. The number of nitrogens with one attached hydrogen (secondary N) is 1. The lowest BCUT2D eigenvalue weighted by atomic mass is 10.1. The molecule has 1 amide bonds. The molecule has 0 atom stereocenters. The van der Waals surface area contributed by atoms with Crippen molar-refractivity contribution in [3.8, 4) is 0 Å². The Hall–Kier alpha value is -3.59. The SMILES string of the molecule is O=C(Cn1c(CSc2ccccc2)nc2ccccc21)NN=Cc1ccc(C(F)(F)F)cc1. The summed E-state index contributed by atoms with van der Waals surface area (Å²) in [5, 5.41) is 3.87. The Balaban J connectivity index is 1.44. The lowest BCUT2D eigenvalue weighted by Gasteiger charge is -2.08. The Morgan fingerprint density at radius 2 is 1.70 bits per heavy atom. The molecule has 0 aliphatic rings. The van der Waals surface area contributed by atoms with Gasteiger partial charge >= 0.3 is 6.18 Å². The number of benzene rings is 3. The molecule has 5 nitrogen and oxygen atoms in total. The predicted molar refractivity (Wildman–Crippen MR) is 123 cm³/mol. The highest BCUT2D eigenvalue weighted by Crippen LogP contribution is 2.29. The van der Waals surface area contributed by atoms with E-state index < -0.39 is 11.7 Å². The molecule has 0 radical (unpaired) electrons. The summed E-state index contributed by atoms with van der Waals surface area (Å²) < 4.78 is 39.8. The molecule has 0 bridgehead atoms. The molecule has 0 spiro atoms. The van der Waals surface area contributed by atoms with Crippen molar-refractivity contribution in [2.45, 2.75) is 23.4 Å². The van der Waals surface area contributed by atoms with Gasteiger partial charge in [-0.1, -0.05) is 42.5 Å². The van der Waals surface area contributed by atoms with E-state index in [1.54, 1.807) is 11.8 Å². The molecule has 0 aliphatic carbocycles. The number of rotatable bonds is 7. The van der Waals surface area contributed by atoms with Crippen molar-refractivity contribution in [2.24, 2.45) is 5.10 Å². The zero-order valence-electron chi connectivity index (χ0n) is 17.3. The third-order valence-electron chi connectivity index (χ3n) is 4.79. The summed E-state index contributed by atoms with van der Waals surface area (Å²) >= 11 is 1.62. The first-order valence-electron chi connectivity index (χ1n) is 10.0. The molecule has 168 valence electrons. The molecule has 1 heterocycles. The van der Waals surface area contributed by atoms with E-state index in [1.807, 2.05) is 59.2 Å². The molecule has 0 saturated heterocycles. The van der Waals surface area contributed by atoms with Gasteiger partial charge in [0.25, 0.3) is 5.91 Å². The number of fused-ring (bicyclic) bond motifs is 1. The molecular weight excluding hydrogens is 449 g/mol. The molecule has 9 heteroatoms. The lowest BCUT2D eigenvalue weighted by molar-refractivity contribution is -0.137. The highest BCUT2D eigenvalue weighted by atomic mass is 32.2. The second-order valence-electron chi connectivity index (χ2n) is 7.12. The minimum atomic E-state index is -4.39. The van der Waals surface area contributed by atoms with Gasteiger partial charge in [-0.2, -0.15) is 18.3 Å². The minimum Gasteiger partial charge on any atom is -0.318 e. The average molecular weight is 469 g/mol. The van der Waals surface area contributed by atoms with Crippen LogP contribution in [0.15, 0.2) is 88.9 Å². The normalized spacial score (nSPS) is 11.8. The first-order chi connectivity index (χ1) is 15.9. The van der Waals surface area contributed by atoms with Gasteiger partial charge in [-0.05, 0) is 42.0 Å². The Kier molecular flexibility index (Phi) is 6.79. The molecule has 0 saturated carbocycles. The fourth-order valence-corrected chi connectivity index (χ4v) is 4.06. The van der Waals surface area contributed by atoms with E-state index in [-0.39, 0.29) is 12.5 Å². The first-order valence-corrected chi connectivity index (χ1v) is 11.0. The molecule has 4 rings (SSSR count). The fourth-order valence-electron chi connectivity index (χ4n) is 3.19. The van der Waals surface area contributed by atoms with Crippen LogP contribution in [-0.2, 0) is 23.3 Å². The second kappa shape index (κ2) is 9.91. The molecule has 3 aromatic carbocycles. The average Bonchev–Trinajstić information content (AvgIpc) is 3.15. The number of hydrogen-bond donors (Lipinski definition) is 1. The van der Waals surface area contributed by atoms with Gasteiger partial charge < -0.3 is 4.57 Å². The van der Waals surface area contributed by atoms with Crippen molar-refractivity contribution in [1.82, 2.24) is 15.0 Å². The van der Waals surface area contributed by atoms with Crippen molar-refractivity contribution in [3.63, 3.8) is 0 Å². The van der Waals surface area contributed by atoms with Gasteiger partial charge in [-0.3, -0.25) is 4.79 Å². The van der Waals surface area contributed by atoms with E-state index in [4.69, 9.17) is 0 Å². The minimum absolute atomic E-state index is 0.00947. The maximum atomic E-state index is 12.7. The van der Waals surface area contributed by atoms with Crippen LogP contribution in [0, 0.1) is 0 Å². The van der Waals surface area contributed by atoms with Crippen LogP contribution >= 0.6 is 11.8 Å². The first kappa shape index (κ1) is 22.6. The highest BCUT2D eigenvalue weighted by molar-refractivity contribution is 7.98. The number of alkyl halides is 3. The van der Waals surface area contributed by atoms with Crippen LogP contribution in [-0.4, -0.2) is 21.7 Å². The summed E-state index contributed by atoms with van der Waals surface area (Å²) in [5.41, 5.74) is 3.76. The van der Waals surface area contributed by atoms with E-state index in [0.717, 1.165) is 33.9 Å². The van der Waals surface area contributed by atoms with Crippen LogP contribution in [0.4, 0.5) is 13.2 Å². The number of aromatic nitrogens is 2. The number of carbonyl (C=O) groups is 1. The summed E-state index contributed by atoms with van der Waals surface area (Å²) in [7, 11) is 0. The van der Waals surface area contributed by atoms with Gasteiger partial charge in [-0.15, -0.1) is 11.8 Å². The number of hydrogen-bond acceptors (Lipinski definition) is 4. The molecule has 0 fully saturated rings. The topological polar surface area (TPSA) is 59.3 Å². The Labute approximate surface area is 192 Å². The van der Waals surface area contributed by atoms with Gasteiger partial charge in [-0.25, -0.2) is 10.4 Å². The van der Waals surface area contributed by atoms with Gasteiger partial charge in [0, 0.05) is 4.90 Å². The van der Waals surface area contributed by atoms with Gasteiger partial charge in [0.15, 0.2) is 0 Å². The summed E-state index contributed by atoms with van der Waals surface area (Å²) in [4.78, 5) is 18.3. The molecule has 0 aliphatic heterocycles. The number of halogens is 3. The number of imidazole rings is 1. The van der Waals surface area contributed by atoms with Crippen molar-refractivity contribution in [2.75, 3.05) is 0 Å².